The van der Waals surface area contributed by atoms with E-state index in [2.05, 4.69) is 4.98 Å². The van der Waals surface area contributed by atoms with E-state index in [1.54, 1.807) is 0 Å². The summed E-state index contributed by atoms with van der Waals surface area (Å²) in [6, 6.07) is 8.16. The van der Waals surface area contributed by atoms with Crippen molar-refractivity contribution in [2.24, 2.45) is 0 Å². The molecule has 1 aromatic heterocycles. The largest absolute Gasteiger partial charge is 0.448 e. The van der Waals surface area contributed by atoms with Crippen molar-refractivity contribution in [3.8, 4) is 0 Å². The van der Waals surface area contributed by atoms with E-state index in [4.69, 9.17) is 4.42 Å². The van der Waals surface area contributed by atoms with Crippen LogP contribution in [0.5, 0.6) is 0 Å². The molecule has 0 radical (unpaired) electrons. The summed E-state index contributed by atoms with van der Waals surface area (Å²) in [5.41, 5.74) is 2.74. The van der Waals surface area contributed by atoms with Gasteiger partial charge in [-0.05, 0) is 12.5 Å². The maximum Gasteiger partial charge on any atom is 0.199 e. The fraction of sp³-hybridized carbons (Fsp3) is 0.231. The van der Waals surface area contributed by atoms with Crippen molar-refractivity contribution in [3.63, 3.8) is 0 Å². The minimum atomic E-state index is -0.0705. The molecule has 0 spiro atoms. The molecule has 0 bridgehead atoms. The summed E-state index contributed by atoms with van der Waals surface area (Å²) >= 11 is 0. The average molecular weight is 215 g/mol. The van der Waals surface area contributed by atoms with Gasteiger partial charge in [-0.3, -0.25) is 4.79 Å². The minimum Gasteiger partial charge on any atom is -0.448 e. The quantitative estimate of drug-likeness (QED) is 0.739. The second kappa shape index (κ2) is 4.31. The lowest BCUT2D eigenvalue weighted by Gasteiger charge is -1.97. The molecule has 0 amide bonds. The van der Waals surface area contributed by atoms with Gasteiger partial charge >= 0.3 is 0 Å². The third-order valence-electron chi connectivity index (χ3n) is 2.39. The SMILES string of the molecule is CC(=O)c1coc(Cc2ccc(C)cc2)n1. The fourth-order valence-electron chi connectivity index (χ4n) is 1.43. The number of oxazole rings is 1. The lowest BCUT2D eigenvalue weighted by Crippen LogP contribution is -1.93. The monoisotopic (exact) mass is 215 g/mol. The van der Waals surface area contributed by atoms with E-state index in [1.165, 1.54) is 18.8 Å². The van der Waals surface area contributed by atoms with E-state index < -0.39 is 0 Å². The average Bonchev–Trinajstić information content (AvgIpc) is 2.70. The molecule has 0 saturated heterocycles. The molecule has 82 valence electrons. The highest BCUT2D eigenvalue weighted by atomic mass is 16.3. The molecule has 0 aliphatic heterocycles. The normalized spacial score (nSPS) is 10.4. The van der Waals surface area contributed by atoms with Gasteiger partial charge in [-0.25, -0.2) is 4.98 Å². The molecular formula is C13H13NO2. The zero-order valence-electron chi connectivity index (χ0n) is 9.36. The van der Waals surface area contributed by atoms with Gasteiger partial charge in [0.05, 0.1) is 0 Å². The van der Waals surface area contributed by atoms with Crippen LogP contribution < -0.4 is 0 Å². The second-order valence-electron chi connectivity index (χ2n) is 3.85. The second-order valence-corrected chi connectivity index (χ2v) is 3.85. The lowest BCUT2D eigenvalue weighted by molar-refractivity contribution is 0.101. The first-order valence-corrected chi connectivity index (χ1v) is 5.16. The third-order valence-corrected chi connectivity index (χ3v) is 2.39. The van der Waals surface area contributed by atoms with Crippen molar-refractivity contribution in [2.75, 3.05) is 0 Å². The summed E-state index contributed by atoms with van der Waals surface area (Å²) in [7, 11) is 0. The molecule has 0 aliphatic rings. The zero-order valence-corrected chi connectivity index (χ0v) is 9.36. The van der Waals surface area contributed by atoms with Crippen LogP contribution in [0.4, 0.5) is 0 Å². The van der Waals surface area contributed by atoms with Crippen molar-refractivity contribution in [1.82, 2.24) is 4.98 Å². The number of rotatable bonds is 3. The molecule has 0 fully saturated rings. The van der Waals surface area contributed by atoms with Gasteiger partial charge in [-0.15, -0.1) is 0 Å². The Bertz CT molecular complexity index is 497. The van der Waals surface area contributed by atoms with Crippen LogP contribution in [0.25, 0.3) is 0 Å². The highest BCUT2D eigenvalue weighted by Crippen LogP contribution is 2.10. The standard InChI is InChI=1S/C13H13NO2/c1-9-3-5-11(6-4-9)7-13-14-12(8-16-13)10(2)15/h3-6,8H,7H2,1-2H3. The Labute approximate surface area is 94.1 Å². The topological polar surface area (TPSA) is 43.1 Å². The van der Waals surface area contributed by atoms with E-state index >= 15 is 0 Å². The van der Waals surface area contributed by atoms with E-state index in [0.29, 0.717) is 18.0 Å². The molecule has 2 rings (SSSR count). The van der Waals surface area contributed by atoms with Gasteiger partial charge < -0.3 is 4.42 Å². The Morgan fingerprint density at radius 3 is 2.56 bits per heavy atom. The minimum absolute atomic E-state index is 0.0705. The molecule has 2 aromatic rings. The van der Waals surface area contributed by atoms with Crippen molar-refractivity contribution in [1.29, 1.82) is 0 Å². The van der Waals surface area contributed by atoms with E-state index in [1.807, 2.05) is 31.2 Å². The van der Waals surface area contributed by atoms with Crippen LogP contribution in [-0.4, -0.2) is 10.8 Å². The first-order valence-electron chi connectivity index (χ1n) is 5.16. The predicted molar refractivity (Wildman–Crippen MR) is 60.5 cm³/mol. The molecule has 0 saturated carbocycles. The highest BCUT2D eigenvalue weighted by Gasteiger charge is 2.07. The number of aromatic nitrogens is 1. The van der Waals surface area contributed by atoms with E-state index in [-0.39, 0.29) is 5.78 Å². The van der Waals surface area contributed by atoms with Crippen LogP contribution in [0.1, 0.15) is 34.4 Å². The summed E-state index contributed by atoms with van der Waals surface area (Å²) in [5.74, 6) is 0.507. The zero-order chi connectivity index (χ0) is 11.5. The summed E-state index contributed by atoms with van der Waals surface area (Å²) in [6.45, 7) is 3.52. The Kier molecular flexibility index (Phi) is 2.86. The molecule has 3 nitrogen and oxygen atoms in total. The van der Waals surface area contributed by atoms with Gasteiger partial charge in [0.2, 0.25) is 0 Å². The van der Waals surface area contributed by atoms with Gasteiger partial charge in [-0.1, -0.05) is 29.8 Å². The Balaban J connectivity index is 2.14. The maximum atomic E-state index is 11.0. The molecular weight excluding hydrogens is 202 g/mol. The van der Waals surface area contributed by atoms with Gasteiger partial charge in [-0.2, -0.15) is 0 Å². The van der Waals surface area contributed by atoms with Gasteiger partial charge in [0.15, 0.2) is 11.7 Å². The summed E-state index contributed by atoms with van der Waals surface area (Å²) in [4.78, 5) is 15.1. The number of carbonyl (C=O) groups is 1. The van der Waals surface area contributed by atoms with Crippen LogP contribution in [0.3, 0.4) is 0 Å². The van der Waals surface area contributed by atoms with Crippen LogP contribution in [-0.2, 0) is 6.42 Å². The van der Waals surface area contributed by atoms with Crippen molar-refractivity contribution >= 4 is 5.78 Å². The first kappa shape index (κ1) is 10.6. The van der Waals surface area contributed by atoms with Crippen LogP contribution in [0.15, 0.2) is 34.9 Å². The smallest absolute Gasteiger partial charge is 0.199 e. The predicted octanol–water partition coefficient (Wildman–Crippen LogP) is 2.78. The molecule has 0 N–H and O–H groups in total. The number of hydrogen-bond donors (Lipinski definition) is 0. The number of ketones is 1. The van der Waals surface area contributed by atoms with Gasteiger partial charge in [0, 0.05) is 13.3 Å². The number of aryl methyl sites for hydroxylation is 1. The van der Waals surface area contributed by atoms with Crippen molar-refractivity contribution in [2.45, 2.75) is 20.3 Å². The molecule has 0 aliphatic carbocycles. The first-order chi connectivity index (χ1) is 7.65. The van der Waals surface area contributed by atoms with Crippen LogP contribution >= 0.6 is 0 Å². The molecule has 0 unspecified atom stereocenters. The Morgan fingerprint density at radius 1 is 1.31 bits per heavy atom. The van der Waals surface area contributed by atoms with E-state index in [0.717, 1.165) is 5.56 Å². The number of Topliss-reactive ketones (excluding diaryl/α,β-unsaturated/α-hetero) is 1. The van der Waals surface area contributed by atoms with E-state index in [9.17, 15) is 4.79 Å². The summed E-state index contributed by atoms with van der Waals surface area (Å²) < 4.78 is 5.23. The maximum absolute atomic E-state index is 11.0. The third kappa shape index (κ3) is 2.37. The molecule has 3 heteroatoms. The Hall–Kier alpha value is -1.90. The molecule has 1 heterocycles. The highest BCUT2D eigenvalue weighted by molar-refractivity contribution is 5.91. The van der Waals surface area contributed by atoms with Crippen molar-refractivity contribution < 1.29 is 9.21 Å². The lowest BCUT2D eigenvalue weighted by atomic mass is 10.1. The van der Waals surface area contributed by atoms with Crippen LogP contribution in [0, 0.1) is 6.92 Å². The molecule has 16 heavy (non-hydrogen) atoms. The number of hydrogen-bond acceptors (Lipinski definition) is 3. The van der Waals surface area contributed by atoms with Gasteiger partial charge in [0.1, 0.15) is 12.0 Å². The van der Waals surface area contributed by atoms with Crippen molar-refractivity contribution in [3.05, 3.63) is 53.2 Å². The Morgan fingerprint density at radius 2 is 2.00 bits per heavy atom. The fourth-order valence-corrected chi connectivity index (χ4v) is 1.43. The summed E-state index contributed by atoms with van der Waals surface area (Å²) in [6.07, 6.45) is 2.03. The molecule has 1 aromatic carbocycles. The number of benzene rings is 1. The summed E-state index contributed by atoms with van der Waals surface area (Å²) in [5, 5.41) is 0. The number of nitrogens with zero attached hydrogens (tertiary/aromatic N) is 1. The number of carbonyl (C=O) groups excluding carboxylic acids is 1. The van der Waals surface area contributed by atoms with Crippen LogP contribution in [0.2, 0.25) is 0 Å². The molecule has 0 atom stereocenters. The van der Waals surface area contributed by atoms with Gasteiger partial charge in [0.25, 0.3) is 0 Å².